The van der Waals surface area contributed by atoms with E-state index >= 15 is 0 Å². The van der Waals surface area contributed by atoms with Crippen molar-refractivity contribution in [3.8, 4) is 0 Å². The average Bonchev–Trinajstić information content (AvgIpc) is 2.93. The van der Waals surface area contributed by atoms with Crippen LogP contribution in [0.3, 0.4) is 0 Å². The minimum Gasteiger partial charge on any atom is -0.360 e. The molecular weight excluding hydrogens is 218 g/mol. The third-order valence-corrected chi connectivity index (χ3v) is 3.64. The minimum absolute atomic E-state index is 0.0337. The van der Waals surface area contributed by atoms with E-state index in [1.807, 2.05) is 4.90 Å². The predicted octanol–water partition coefficient (Wildman–Crippen LogP) is 1.12. The Morgan fingerprint density at radius 1 is 1.53 bits per heavy atom. The van der Waals surface area contributed by atoms with Crippen LogP contribution < -0.4 is 5.73 Å². The molecule has 1 unspecified atom stereocenters. The van der Waals surface area contributed by atoms with Gasteiger partial charge >= 0.3 is 0 Å². The van der Waals surface area contributed by atoms with Crippen molar-refractivity contribution in [2.45, 2.75) is 37.6 Å². The fraction of sp³-hybridized carbons (Fsp3) is 0.667. The van der Waals surface area contributed by atoms with Crippen LogP contribution in [-0.2, 0) is 0 Å². The highest BCUT2D eigenvalue weighted by Gasteiger charge is 2.32. The highest BCUT2D eigenvalue weighted by Crippen LogP contribution is 2.40. The Hall–Kier alpha value is -1.36. The lowest BCUT2D eigenvalue weighted by Gasteiger charge is -2.21. The van der Waals surface area contributed by atoms with E-state index in [1.165, 1.54) is 0 Å². The quantitative estimate of drug-likeness (QED) is 0.852. The summed E-state index contributed by atoms with van der Waals surface area (Å²) in [5.74, 6) is 1.32. The molecule has 92 valence electrons. The van der Waals surface area contributed by atoms with Gasteiger partial charge in [-0.05, 0) is 25.7 Å². The van der Waals surface area contributed by atoms with Gasteiger partial charge in [-0.15, -0.1) is 0 Å². The molecule has 0 spiro atoms. The summed E-state index contributed by atoms with van der Waals surface area (Å²) < 4.78 is 5.21. The van der Waals surface area contributed by atoms with E-state index in [0.29, 0.717) is 18.2 Å². The van der Waals surface area contributed by atoms with Crippen molar-refractivity contribution in [3.63, 3.8) is 0 Å². The summed E-state index contributed by atoms with van der Waals surface area (Å²) in [7, 11) is 0. The number of carbonyl (C=O) groups excluding carboxylic acids is 1. The molecule has 2 fully saturated rings. The van der Waals surface area contributed by atoms with Crippen molar-refractivity contribution < 1.29 is 9.32 Å². The molecule has 1 aromatic rings. The normalized spacial score (nSPS) is 24.3. The Kier molecular flexibility index (Phi) is 2.63. The molecule has 1 amide bonds. The van der Waals surface area contributed by atoms with Crippen LogP contribution >= 0.6 is 0 Å². The van der Waals surface area contributed by atoms with Gasteiger partial charge in [0.1, 0.15) is 5.76 Å². The highest BCUT2D eigenvalue weighted by molar-refractivity contribution is 5.92. The summed E-state index contributed by atoms with van der Waals surface area (Å²) in [6.45, 7) is 1.31. The number of aromatic nitrogens is 1. The number of amides is 1. The SMILES string of the molecule is NCC1CCCN1C(=O)c1cc(C2CC2)on1. The summed E-state index contributed by atoms with van der Waals surface area (Å²) in [5, 5.41) is 3.88. The first-order valence-corrected chi connectivity index (χ1v) is 6.27. The topological polar surface area (TPSA) is 72.4 Å². The molecule has 1 saturated heterocycles. The number of likely N-dealkylation sites (tertiary alicyclic amines) is 1. The minimum atomic E-state index is -0.0337. The number of nitrogens with zero attached hydrogens (tertiary/aromatic N) is 2. The molecule has 2 heterocycles. The molecule has 5 nitrogen and oxygen atoms in total. The second-order valence-electron chi connectivity index (χ2n) is 4.92. The van der Waals surface area contributed by atoms with E-state index in [4.69, 9.17) is 10.3 Å². The maximum Gasteiger partial charge on any atom is 0.276 e. The van der Waals surface area contributed by atoms with E-state index in [1.54, 1.807) is 6.07 Å². The number of rotatable bonds is 3. The van der Waals surface area contributed by atoms with Gasteiger partial charge in [-0.1, -0.05) is 5.16 Å². The van der Waals surface area contributed by atoms with Crippen molar-refractivity contribution in [2.24, 2.45) is 5.73 Å². The Labute approximate surface area is 99.9 Å². The fourth-order valence-corrected chi connectivity index (χ4v) is 2.45. The van der Waals surface area contributed by atoms with Crippen molar-refractivity contribution >= 4 is 5.91 Å². The van der Waals surface area contributed by atoms with Gasteiger partial charge in [-0.3, -0.25) is 4.79 Å². The molecule has 1 aliphatic heterocycles. The Bertz CT molecular complexity index is 425. The molecule has 17 heavy (non-hydrogen) atoms. The Morgan fingerprint density at radius 2 is 2.35 bits per heavy atom. The van der Waals surface area contributed by atoms with Gasteiger partial charge in [0, 0.05) is 31.1 Å². The van der Waals surface area contributed by atoms with Crippen LogP contribution in [0.2, 0.25) is 0 Å². The number of nitrogens with two attached hydrogens (primary N) is 1. The van der Waals surface area contributed by atoms with E-state index in [0.717, 1.165) is 38.0 Å². The van der Waals surface area contributed by atoms with Crippen LogP contribution in [0.5, 0.6) is 0 Å². The van der Waals surface area contributed by atoms with E-state index in [9.17, 15) is 4.79 Å². The maximum atomic E-state index is 12.2. The van der Waals surface area contributed by atoms with Crippen molar-refractivity contribution in [1.82, 2.24) is 10.1 Å². The highest BCUT2D eigenvalue weighted by atomic mass is 16.5. The van der Waals surface area contributed by atoms with Gasteiger partial charge in [0.2, 0.25) is 0 Å². The lowest BCUT2D eigenvalue weighted by Crippen LogP contribution is -2.40. The van der Waals surface area contributed by atoms with Crippen LogP contribution in [0.4, 0.5) is 0 Å². The zero-order valence-corrected chi connectivity index (χ0v) is 9.76. The molecule has 2 N–H and O–H groups in total. The molecule has 3 rings (SSSR count). The Morgan fingerprint density at radius 3 is 3.06 bits per heavy atom. The predicted molar refractivity (Wildman–Crippen MR) is 61.6 cm³/mol. The van der Waals surface area contributed by atoms with Crippen molar-refractivity contribution in [1.29, 1.82) is 0 Å². The standard InChI is InChI=1S/C12H17N3O2/c13-7-9-2-1-5-15(9)12(16)10-6-11(17-14-10)8-3-4-8/h6,8-9H,1-5,7,13H2. The monoisotopic (exact) mass is 235 g/mol. The van der Waals surface area contributed by atoms with Gasteiger partial charge < -0.3 is 15.2 Å². The maximum absolute atomic E-state index is 12.2. The van der Waals surface area contributed by atoms with E-state index in [-0.39, 0.29) is 11.9 Å². The first kappa shape index (κ1) is 10.8. The Balaban J connectivity index is 1.75. The summed E-state index contributed by atoms with van der Waals surface area (Å²) in [4.78, 5) is 14.0. The van der Waals surface area contributed by atoms with Crippen LogP contribution in [0.1, 0.15) is 47.8 Å². The number of carbonyl (C=O) groups is 1. The molecule has 1 aromatic heterocycles. The second kappa shape index (κ2) is 4.14. The van der Waals surface area contributed by atoms with Gasteiger partial charge in [-0.25, -0.2) is 0 Å². The smallest absolute Gasteiger partial charge is 0.276 e. The molecule has 1 aliphatic carbocycles. The van der Waals surface area contributed by atoms with Crippen LogP contribution in [-0.4, -0.2) is 35.1 Å². The third kappa shape index (κ3) is 1.95. The zero-order chi connectivity index (χ0) is 11.8. The van der Waals surface area contributed by atoms with Crippen molar-refractivity contribution in [2.75, 3.05) is 13.1 Å². The van der Waals surface area contributed by atoms with Crippen molar-refractivity contribution in [3.05, 3.63) is 17.5 Å². The summed E-state index contributed by atoms with van der Waals surface area (Å²) in [6, 6.07) is 1.97. The van der Waals surface area contributed by atoms with E-state index in [2.05, 4.69) is 5.16 Å². The molecule has 0 radical (unpaired) electrons. The summed E-state index contributed by atoms with van der Waals surface area (Å²) >= 11 is 0. The first-order valence-electron chi connectivity index (χ1n) is 6.27. The molecule has 1 saturated carbocycles. The van der Waals surface area contributed by atoms with Crippen LogP contribution in [0.15, 0.2) is 10.6 Å². The molecule has 0 aromatic carbocycles. The average molecular weight is 235 g/mol. The zero-order valence-electron chi connectivity index (χ0n) is 9.76. The van der Waals surface area contributed by atoms with Gasteiger partial charge in [0.25, 0.3) is 5.91 Å². The van der Waals surface area contributed by atoms with E-state index < -0.39 is 0 Å². The summed E-state index contributed by atoms with van der Waals surface area (Å²) in [5.41, 5.74) is 6.10. The van der Waals surface area contributed by atoms with Crippen LogP contribution in [0, 0.1) is 0 Å². The van der Waals surface area contributed by atoms with Crippen LogP contribution in [0.25, 0.3) is 0 Å². The number of hydrogen-bond acceptors (Lipinski definition) is 4. The largest absolute Gasteiger partial charge is 0.360 e. The molecule has 5 heteroatoms. The van der Waals surface area contributed by atoms with Gasteiger partial charge in [-0.2, -0.15) is 0 Å². The molecular formula is C12H17N3O2. The second-order valence-corrected chi connectivity index (χ2v) is 4.92. The number of hydrogen-bond donors (Lipinski definition) is 1. The third-order valence-electron chi connectivity index (χ3n) is 3.64. The first-order chi connectivity index (χ1) is 8.29. The lowest BCUT2D eigenvalue weighted by atomic mass is 10.2. The lowest BCUT2D eigenvalue weighted by molar-refractivity contribution is 0.0730. The molecule has 2 aliphatic rings. The van der Waals surface area contributed by atoms with Gasteiger partial charge in [0.15, 0.2) is 5.69 Å². The van der Waals surface area contributed by atoms with Gasteiger partial charge in [0.05, 0.1) is 0 Å². The molecule has 1 atom stereocenters. The summed E-state index contributed by atoms with van der Waals surface area (Å²) in [6.07, 6.45) is 4.33. The fourth-order valence-electron chi connectivity index (χ4n) is 2.45. The molecule has 0 bridgehead atoms.